The first-order chi connectivity index (χ1) is 8.16. The maximum Gasteiger partial charge on any atom is 0.164 e. The lowest BCUT2D eigenvalue weighted by molar-refractivity contribution is 0.0601. The average Bonchev–Trinajstić information content (AvgIpc) is 2.30. The zero-order valence-corrected chi connectivity index (χ0v) is 11.8. The Kier molecular flexibility index (Phi) is 4.60. The summed E-state index contributed by atoms with van der Waals surface area (Å²) >= 11 is 9.24. The van der Waals surface area contributed by atoms with E-state index in [2.05, 4.69) is 15.9 Å². The standard InChI is InChI=1S/C13H14BrClO2/c14-12-8-10(15)1-2-11(12)13(16)7-9-3-5-17-6-4-9/h1-2,8-9H,3-7H2. The molecule has 1 aromatic carbocycles. The van der Waals surface area contributed by atoms with E-state index < -0.39 is 0 Å². The molecule has 0 amide bonds. The molecule has 0 bridgehead atoms. The first kappa shape index (κ1) is 13.1. The van der Waals surface area contributed by atoms with Crippen LogP contribution in [0.4, 0.5) is 0 Å². The Morgan fingerprint density at radius 2 is 2.12 bits per heavy atom. The highest BCUT2D eigenvalue weighted by Gasteiger charge is 2.19. The second kappa shape index (κ2) is 5.98. The van der Waals surface area contributed by atoms with Gasteiger partial charge in [0.05, 0.1) is 0 Å². The molecule has 1 heterocycles. The topological polar surface area (TPSA) is 26.3 Å². The quantitative estimate of drug-likeness (QED) is 0.785. The molecule has 2 nitrogen and oxygen atoms in total. The van der Waals surface area contributed by atoms with Crippen LogP contribution >= 0.6 is 27.5 Å². The molecule has 0 radical (unpaired) electrons. The van der Waals surface area contributed by atoms with Crippen LogP contribution in [0.25, 0.3) is 0 Å². The van der Waals surface area contributed by atoms with Gasteiger partial charge < -0.3 is 4.74 Å². The van der Waals surface area contributed by atoms with Crippen molar-refractivity contribution in [2.45, 2.75) is 19.3 Å². The Labute approximate surface area is 114 Å². The fraction of sp³-hybridized carbons (Fsp3) is 0.462. The second-order valence-electron chi connectivity index (χ2n) is 4.31. The maximum absolute atomic E-state index is 12.1. The molecule has 0 spiro atoms. The largest absolute Gasteiger partial charge is 0.381 e. The zero-order valence-electron chi connectivity index (χ0n) is 9.42. The number of halogens is 2. The second-order valence-corrected chi connectivity index (χ2v) is 5.60. The van der Waals surface area contributed by atoms with Gasteiger partial charge in [-0.25, -0.2) is 0 Å². The van der Waals surface area contributed by atoms with Gasteiger partial charge in [-0.15, -0.1) is 0 Å². The Bertz CT molecular complexity index is 414. The SMILES string of the molecule is O=C(CC1CCOCC1)c1ccc(Cl)cc1Br. The number of rotatable bonds is 3. The van der Waals surface area contributed by atoms with Crippen LogP contribution in [0.2, 0.25) is 5.02 Å². The van der Waals surface area contributed by atoms with E-state index in [1.165, 1.54) is 0 Å². The van der Waals surface area contributed by atoms with Gasteiger partial charge in [0.1, 0.15) is 0 Å². The van der Waals surface area contributed by atoms with Crippen LogP contribution < -0.4 is 0 Å². The minimum atomic E-state index is 0.181. The average molecular weight is 318 g/mol. The van der Waals surface area contributed by atoms with Crippen molar-refractivity contribution in [1.29, 1.82) is 0 Å². The summed E-state index contributed by atoms with van der Waals surface area (Å²) < 4.78 is 6.07. The van der Waals surface area contributed by atoms with E-state index in [1.54, 1.807) is 18.2 Å². The highest BCUT2D eigenvalue weighted by molar-refractivity contribution is 9.10. The summed E-state index contributed by atoms with van der Waals surface area (Å²) in [6.45, 7) is 1.56. The number of carbonyl (C=O) groups excluding carboxylic acids is 1. The van der Waals surface area contributed by atoms with Crippen LogP contribution in [0.5, 0.6) is 0 Å². The zero-order chi connectivity index (χ0) is 12.3. The highest BCUT2D eigenvalue weighted by atomic mass is 79.9. The number of ether oxygens (including phenoxy) is 1. The Morgan fingerprint density at radius 3 is 2.76 bits per heavy atom. The van der Waals surface area contributed by atoms with Crippen molar-refractivity contribution in [1.82, 2.24) is 0 Å². The van der Waals surface area contributed by atoms with E-state index in [0.29, 0.717) is 17.4 Å². The van der Waals surface area contributed by atoms with Gasteiger partial charge in [-0.05, 0) is 52.9 Å². The van der Waals surface area contributed by atoms with E-state index in [0.717, 1.165) is 36.1 Å². The minimum Gasteiger partial charge on any atom is -0.381 e. The van der Waals surface area contributed by atoms with Gasteiger partial charge in [0, 0.05) is 34.7 Å². The van der Waals surface area contributed by atoms with E-state index in [4.69, 9.17) is 16.3 Å². The summed E-state index contributed by atoms with van der Waals surface area (Å²) in [7, 11) is 0. The smallest absolute Gasteiger partial charge is 0.164 e. The molecule has 0 unspecified atom stereocenters. The molecule has 0 saturated carbocycles. The van der Waals surface area contributed by atoms with Gasteiger partial charge in [0.15, 0.2) is 5.78 Å². The summed E-state index contributed by atoms with van der Waals surface area (Å²) in [5.74, 6) is 0.638. The third kappa shape index (κ3) is 3.54. The lowest BCUT2D eigenvalue weighted by Gasteiger charge is -2.21. The number of hydrogen-bond acceptors (Lipinski definition) is 2. The molecule has 0 atom stereocenters. The van der Waals surface area contributed by atoms with Gasteiger partial charge in [0.2, 0.25) is 0 Å². The van der Waals surface area contributed by atoms with E-state index in [1.807, 2.05) is 0 Å². The van der Waals surface area contributed by atoms with Gasteiger partial charge in [-0.2, -0.15) is 0 Å². The molecule has 1 saturated heterocycles. The van der Waals surface area contributed by atoms with E-state index >= 15 is 0 Å². The van der Waals surface area contributed by atoms with Crippen molar-refractivity contribution < 1.29 is 9.53 Å². The minimum absolute atomic E-state index is 0.181. The first-order valence-electron chi connectivity index (χ1n) is 5.73. The maximum atomic E-state index is 12.1. The predicted molar refractivity (Wildman–Crippen MR) is 71.6 cm³/mol. The highest BCUT2D eigenvalue weighted by Crippen LogP contribution is 2.26. The van der Waals surface area contributed by atoms with Crippen LogP contribution in [0.3, 0.4) is 0 Å². The van der Waals surface area contributed by atoms with Crippen LogP contribution in [0, 0.1) is 5.92 Å². The van der Waals surface area contributed by atoms with Crippen LogP contribution in [0.15, 0.2) is 22.7 Å². The molecule has 1 aliphatic heterocycles. The Morgan fingerprint density at radius 1 is 1.41 bits per heavy atom. The van der Waals surface area contributed by atoms with Crippen LogP contribution in [-0.2, 0) is 4.74 Å². The number of Topliss-reactive ketones (excluding diaryl/α,β-unsaturated/α-hetero) is 1. The van der Waals surface area contributed by atoms with E-state index in [-0.39, 0.29) is 5.78 Å². The summed E-state index contributed by atoms with van der Waals surface area (Å²) in [6.07, 6.45) is 2.57. The molecule has 92 valence electrons. The molecule has 2 rings (SSSR count). The van der Waals surface area contributed by atoms with Crippen LogP contribution in [0.1, 0.15) is 29.6 Å². The van der Waals surface area contributed by atoms with Crippen molar-refractivity contribution in [3.63, 3.8) is 0 Å². The monoisotopic (exact) mass is 316 g/mol. The predicted octanol–water partition coefficient (Wildman–Crippen LogP) is 4.10. The molecule has 1 aromatic rings. The summed E-state index contributed by atoms with van der Waals surface area (Å²) in [4.78, 5) is 12.1. The number of carbonyl (C=O) groups is 1. The van der Waals surface area contributed by atoms with Crippen LogP contribution in [-0.4, -0.2) is 19.0 Å². The summed E-state index contributed by atoms with van der Waals surface area (Å²) in [5, 5.41) is 0.638. The van der Waals surface area contributed by atoms with Crippen molar-refractivity contribution in [3.8, 4) is 0 Å². The molecule has 1 aliphatic rings. The molecular weight excluding hydrogens is 303 g/mol. The summed E-state index contributed by atoms with van der Waals surface area (Å²) in [6, 6.07) is 5.30. The molecule has 1 fully saturated rings. The first-order valence-corrected chi connectivity index (χ1v) is 6.90. The normalized spacial score (nSPS) is 17.1. The van der Waals surface area contributed by atoms with Gasteiger partial charge >= 0.3 is 0 Å². The lowest BCUT2D eigenvalue weighted by atomic mass is 9.92. The Hall–Kier alpha value is -0.380. The van der Waals surface area contributed by atoms with Gasteiger partial charge in [0.25, 0.3) is 0 Å². The van der Waals surface area contributed by atoms with E-state index in [9.17, 15) is 4.79 Å². The molecule has 4 heteroatoms. The Balaban J connectivity index is 2.03. The fourth-order valence-corrected chi connectivity index (χ4v) is 2.94. The van der Waals surface area contributed by atoms with Gasteiger partial charge in [-0.3, -0.25) is 4.79 Å². The van der Waals surface area contributed by atoms with Crippen molar-refractivity contribution >= 4 is 33.3 Å². The molecule has 0 aromatic heterocycles. The third-order valence-electron chi connectivity index (χ3n) is 3.05. The fourth-order valence-electron chi connectivity index (χ4n) is 2.04. The lowest BCUT2D eigenvalue weighted by Crippen LogP contribution is -2.18. The third-order valence-corrected chi connectivity index (χ3v) is 3.94. The van der Waals surface area contributed by atoms with Gasteiger partial charge in [-0.1, -0.05) is 11.6 Å². The number of ketones is 1. The molecular formula is C13H14BrClO2. The van der Waals surface area contributed by atoms with Crippen molar-refractivity contribution in [3.05, 3.63) is 33.3 Å². The summed E-state index contributed by atoms with van der Waals surface area (Å²) in [5.41, 5.74) is 0.723. The van der Waals surface area contributed by atoms with Crippen molar-refractivity contribution in [2.24, 2.45) is 5.92 Å². The van der Waals surface area contributed by atoms with Crippen molar-refractivity contribution in [2.75, 3.05) is 13.2 Å². The number of hydrogen-bond donors (Lipinski definition) is 0. The molecule has 17 heavy (non-hydrogen) atoms. The molecule has 0 N–H and O–H groups in total. The molecule has 0 aliphatic carbocycles. The number of benzene rings is 1.